The van der Waals surface area contributed by atoms with Gasteiger partial charge in [-0.25, -0.2) is 9.67 Å². The molecular formula is C23H30N4O2. The Kier molecular flexibility index (Phi) is 6.20. The van der Waals surface area contributed by atoms with E-state index in [0.717, 1.165) is 35.3 Å². The molecule has 0 radical (unpaired) electrons. The summed E-state index contributed by atoms with van der Waals surface area (Å²) in [5, 5.41) is 4.48. The van der Waals surface area contributed by atoms with Gasteiger partial charge in [-0.3, -0.25) is 4.79 Å². The fourth-order valence-electron chi connectivity index (χ4n) is 2.97. The van der Waals surface area contributed by atoms with Crippen molar-refractivity contribution in [3.05, 3.63) is 58.9 Å². The Morgan fingerprint density at radius 2 is 1.90 bits per heavy atom. The second kappa shape index (κ2) is 8.64. The van der Waals surface area contributed by atoms with E-state index in [1.807, 2.05) is 37.6 Å². The van der Waals surface area contributed by atoms with Crippen LogP contribution in [0.25, 0.3) is 16.8 Å². The summed E-state index contributed by atoms with van der Waals surface area (Å²) in [4.78, 5) is 16.6. The average Bonchev–Trinajstić information content (AvgIpc) is 3.18. The maximum atomic E-state index is 11.9. The lowest BCUT2D eigenvalue weighted by Gasteiger charge is -2.22. The second-order valence-corrected chi connectivity index (χ2v) is 8.18. The summed E-state index contributed by atoms with van der Waals surface area (Å²) >= 11 is 0. The van der Waals surface area contributed by atoms with Crippen LogP contribution in [0.2, 0.25) is 0 Å². The van der Waals surface area contributed by atoms with Gasteiger partial charge in [-0.1, -0.05) is 27.7 Å². The molecule has 0 aliphatic carbocycles. The highest BCUT2D eigenvalue weighted by Gasteiger charge is 2.17. The molecule has 6 nitrogen and oxygen atoms in total. The number of hydrogen-bond donors (Lipinski definition) is 0. The Balaban J connectivity index is 1.82. The number of hydrogen-bond acceptors (Lipinski definition) is 4. The molecule has 0 bridgehead atoms. The fraction of sp³-hybridized carbons (Fsp3) is 0.435. The van der Waals surface area contributed by atoms with Gasteiger partial charge in [0.05, 0.1) is 18.5 Å². The first-order valence-corrected chi connectivity index (χ1v) is 10.2. The van der Waals surface area contributed by atoms with Gasteiger partial charge < -0.3 is 9.30 Å². The fourth-order valence-corrected chi connectivity index (χ4v) is 2.97. The zero-order chi connectivity index (χ0) is 21.0. The average molecular weight is 395 g/mol. The van der Waals surface area contributed by atoms with E-state index in [4.69, 9.17) is 4.74 Å². The van der Waals surface area contributed by atoms with Gasteiger partial charge in [0.15, 0.2) is 0 Å². The molecule has 0 saturated carbocycles. The van der Waals surface area contributed by atoms with Crippen molar-refractivity contribution < 1.29 is 4.74 Å². The van der Waals surface area contributed by atoms with Crippen molar-refractivity contribution in [2.75, 3.05) is 6.61 Å². The van der Waals surface area contributed by atoms with Gasteiger partial charge >= 0.3 is 0 Å². The highest BCUT2D eigenvalue weighted by molar-refractivity contribution is 5.65. The lowest BCUT2D eigenvalue weighted by atomic mass is 9.92. The van der Waals surface area contributed by atoms with Crippen LogP contribution in [0.15, 0.2) is 47.7 Å². The Morgan fingerprint density at radius 3 is 2.59 bits per heavy atom. The van der Waals surface area contributed by atoms with Crippen molar-refractivity contribution in [2.24, 2.45) is 5.41 Å². The summed E-state index contributed by atoms with van der Waals surface area (Å²) in [5.41, 5.74) is 3.88. The van der Waals surface area contributed by atoms with E-state index in [1.165, 1.54) is 0 Å². The predicted molar refractivity (Wildman–Crippen MR) is 116 cm³/mol. The van der Waals surface area contributed by atoms with Crippen molar-refractivity contribution in [1.82, 2.24) is 19.3 Å². The van der Waals surface area contributed by atoms with Crippen LogP contribution in [0, 0.1) is 12.3 Å². The molecule has 0 atom stereocenters. The SMILES string of the molecule is CCCn1cc(-n2cc(-c3ccc(OCC(C)(C)CC)nc3C)cn2)ccc1=O. The molecule has 29 heavy (non-hydrogen) atoms. The van der Waals surface area contributed by atoms with Crippen LogP contribution in [-0.4, -0.2) is 25.9 Å². The first kappa shape index (κ1) is 20.8. The quantitative estimate of drug-likeness (QED) is 0.559. The third kappa shape index (κ3) is 4.94. The van der Waals surface area contributed by atoms with Crippen molar-refractivity contribution >= 4 is 0 Å². The van der Waals surface area contributed by atoms with Crippen LogP contribution in [0.3, 0.4) is 0 Å². The van der Waals surface area contributed by atoms with E-state index < -0.39 is 0 Å². The molecule has 0 aliphatic heterocycles. The van der Waals surface area contributed by atoms with Crippen LogP contribution in [-0.2, 0) is 6.54 Å². The highest BCUT2D eigenvalue weighted by Crippen LogP contribution is 2.26. The highest BCUT2D eigenvalue weighted by atomic mass is 16.5. The van der Waals surface area contributed by atoms with Gasteiger partial charge in [0.25, 0.3) is 5.56 Å². The maximum absolute atomic E-state index is 11.9. The van der Waals surface area contributed by atoms with E-state index in [2.05, 4.69) is 37.8 Å². The number of pyridine rings is 2. The largest absolute Gasteiger partial charge is 0.477 e. The summed E-state index contributed by atoms with van der Waals surface area (Å²) in [7, 11) is 0. The van der Waals surface area contributed by atoms with Gasteiger partial charge in [-0.2, -0.15) is 5.10 Å². The van der Waals surface area contributed by atoms with Gasteiger partial charge in [0.2, 0.25) is 5.88 Å². The normalized spacial score (nSPS) is 11.6. The standard InChI is InChI=1S/C23H30N4O2/c1-6-12-26-15-19(8-11-22(26)28)27-14-18(13-24-27)20-9-10-21(25-17(20)3)29-16-23(4,5)7-2/h8-11,13-15H,6-7,12,16H2,1-5H3. The molecule has 6 heteroatoms. The Bertz CT molecular complexity index is 1030. The number of aromatic nitrogens is 4. The molecule has 154 valence electrons. The Hall–Kier alpha value is -2.89. The molecule has 0 aromatic carbocycles. The van der Waals surface area contributed by atoms with Crippen molar-refractivity contribution in [3.8, 4) is 22.7 Å². The zero-order valence-corrected chi connectivity index (χ0v) is 18.0. The Labute approximate surface area is 172 Å². The molecular weight excluding hydrogens is 364 g/mol. The third-order valence-electron chi connectivity index (χ3n) is 5.22. The summed E-state index contributed by atoms with van der Waals surface area (Å²) in [6.45, 7) is 11.9. The second-order valence-electron chi connectivity index (χ2n) is 8.18. The molecule has 3 rings (SSSR count). The minimum absolute atomic E-state index is 0.00450. The lowest BCUT2D eigenvalue weighted by Crippen LogP contribution is -2.20. The minimum atomic E-state index is 0.00450. The molecule has 3 aromatic heterocycles. The van der Waals surface area contributed by atoms with Gasteiger partial charge in [0.1, 0.15) is 0 Å². The van der Waals surface area contributed by atoms with E-state index in [1.54, 1.807) is 21.4 Å². The summed E-state index contributed by atoms with van der Waals surface area (Å²) < 4.78 is 9.39. The van der Waals surface area contributed by atoms with Crippen LogP contribution in [0.5, 0.6) is 5.88 Å². The van der Waals surface area contributed by atoms with Gasteiger partial charge in [-0.05, 0) is 37.3 Å². The molecule has 0 spiro atoms. The summed E-state index contributed by atoms with van der Waals surface area (Å²) in [6, 6.07) is 7.31. The third-order valence-corrected chi connectivity index (χ3v) is 5.22. The number of nitrogens with zero attached hydrogens (tertiary/aromatic N) is 4. The molecule has 0 amide bonds. The first-order chi connectivity index (χ1) is 13.8. The number of aryl methyl sites for hydroxylation is 2. The lowest BCUT2D eigenvalue weighted by molar-refractivity contribution is 0.170. The molecule has 0 unspecified atom stereocenters. The van der Waals surface area contributed by atoms with Gasteiger partial charge in [-0.15, -0.1) is 0 Å². The van der Waals surface area contributed by atoms with Crippen LogP contribution in [0.1, 0.15) is 46.2 Å². The summed E-state index contributed by atoms with van der Waals surface area (Å²) in [6.07, 6.45) is 7.58. The van der Waals surface area contributed by atoms with Crippen LogP contribution >= 0.6 is 0 Å². The first-order valence-electron chi connectivity index (χ1n) is 10.2. The smallest absolute Gasteiger partial charge is 0.250 e. The van der Waals surface area contributed by atoms with Crippen molar-refractivity contribution in [1.29, 1.82) is 0 Å². The van der Waals surface area contributed by atoms with Gasteiger partial charge in [0, 0.05) is 47.9 Å². The van der Waals surface area contributed by atoms with Crippen molar-refractivity contribution in [3.63, 3.8) is 0 Å². The molecule has 0 aliphatic rings. The van der Waals surface area contributed by atoms with Crippen LogP contribution < -0.4 is 10.3 Å². The monoisotopic (exact) mass is 394 g/mol. The predicted octanol–water partition coefficient (Wildman–Crippen LogP) is 4.63. The number of ether oxygens (including phenoxy) is 1. The molecule has 3 heterocycles. The van der Waals surface area contributed by atoms with Crippen LogP contribution in [0.4, 0.5) is 0 Å². The van der Waals surface area contributed by atoms with E-state index in [0.29, 0.717) is 19.0 Å². The zero-order valence-electron chi connectivity index (χ0n) is 18.0. The summed E-state index contributed by atoms with van der Waals surface area (Å²) in [5.74, 6) is 0.645. The topological polar surface area (TPSA) is 61.9 Å². The Morgan fingerprint density at radius 1 is 1.10 bits per heavy atom. The van der Waals surface area contributed by atoms with E-state index >= 15 is 0 Å². The maximum Gasteiger partial charge on any atom is 0.250 e. The van der Waals surface area contributed by atoms with E-state index in [9.17, 15) is 4.79 Å². The molecule has 0 saturated heterocycles. The molecule has 3 aromatic rings. The number of rotatable bonds is 8. The molecule has 0 N–H and O–H groups in total. The van der Waals surface area contributed by atoms with Crippen molar-refractivity contribution in [2.45, 2.75) is 54.0 Å². The minimum Gasteiger partial charge on any atom is -0.477 e. The molecule has 0 fully saturated rings. The van der Waals surface area contributed by atoms with E-state index in [-0.39, 0.29) is 11.0 Å².